The van der Waals surface area contributed by atoms with E-state index in [2.05, 4.69) is 18.8 Å². The SMILES string of the molecule is CCC(N)c1ccccc1OCc1nc(C)c(C)s1. The van der Waals surface area contributed by atoms with Crippen LogP contribution in [-0.2, 0) is 6.61 Å². The molecule has 0 saturated heterocycles. The predicted molar refractivity (Wildman–Crippen MR) is 79.6 cm³/mol. The van der Waals surface area contributed by atoms with E-state index in [0.29, 0.717) is 6.61 Å². The number of thiazole rings is 1. The van der Waals surface area contributed by atoms with Gasteiger partial charge in [-0.15, -0.1) is 11.3 Å². The van der Waals surface area contributed by atoms with Gasteiger partial charge >= 0.3 is 0 Å². The second-order valence-corrected chi connectivity index (χ2v) is 5.88. The van der Waals surface area contributed by atoms with Gasteiger partial charge in [0, 0.05) is 16.5 Å². The minimum absolute atomic E-state index is 0.0240. The molecule has 4 heteroatoms. The molecule has 1 aromatic carbocycles. The lowest BCUT2D eigenvalue weighted by Crippen LogP contribution is -2.10. The van der Waals surface area contributed by atoms with E-state index in [4.69, 9.17) is 10.5 Å². The fourth-order valence-corrected chi connectivity index (χ4v) is 2.73. The standard InChI is InChI=1S/C15H20N2OS/c1-4-13(16)12-7-5-6-8-14(12)18-9-15-17-10(2)11(3)19-15/h5-8,13H,4,9,16H2,1-3H3. The zero-order chi connectivity index (χ0) is 13.8. The van der Waals surface area contributed by atoms with Gasteiger partial charge in [0.25, 0.3) is 0 Å². The third-order valence-electron chi connectivity index (χ3n) is 3.18. The van der Waals surface area contributed by atoms with Gasteiger partial charge in [-0.05, 0) is 26.3 Å². The molecular weight excluding hydrogens is 256 g/mol. The second kappa shape index (κ2) is 6.17. The number of hydrogen-bond donors (Lipinski definition) is 1. The van der Waals surface area contributed by atoms with Crippen molar-refractivity contribution in [2.45, 2.75) is 39.8 Å². The molecule has 2 rings (SSSR count). The normalized spacial score (nSPS) is 12.4. The van der Waals surface area contributed by atoms with Crippen LogP contribution in [0.25, 0.3) is 0 Å². The molecule has 3 nitrogen and oxygen atoms in total. The van der Waals surface area contributed by atoms with Crippen LogP contribution in [0.2, 0.25) is 0 Å². The van der Waals surface area contributed by atoms with Gasteiger partial charge in [-0.1, -0.05) is 25.1 Å². The number of nitrogens with two attached hydrogens (primary N) is 1. The number of aryl methyl sites for hydroxylation is 2. The van der Waals surface area contributed by atoms with E-state index >= 15 is 0 Å². The smallest absolute Gasteiger partial charge is 0.140 e. The average Bonchev–Trinajstić information content (AvgIpc) is 2.75. The Labute approximate surface area is 118 Å². The maximum absolute atomic E-state index is 6.10. The molecule has 0 aliphatic rings. The van der Waals surface area contributed by atoms with Crippen molar-refractivity contribution in [3.63, 3.8) is 0 Å². The van der Waals surface area contributed by atoms with Gasteiger partial charge < -0.3 is 10.5 Å². The number of para-hydroxylation sites is 1. The van der Waals surface area contributed by atoms with Crippen molar-refractivity contribution in [3.8, 4) is 5.75 Å². The summed E-state index contributed by atoms with van der Waals surface area (Å²) >= 11 is 1.69. The Morgan fingerprint density at radius 1 is 1.32 bits per heavy atom. The van der Waals surface area contributed by atoms with Crippen LogP contribution in [-0.4, -0.2) is 4.98 Å². The first-order chi connectivity index (χ1) is 9.11. The molecule has 102 valence electrons. The number of ether oxygens (including phenoxy) is 1. The van der Waals surface area contributed by atoms with E-state index in [-0.39, 0.29) is 6.04 Å². The number of hydrogen-bond acceptors (Lipinski definition) is 4. The highest BCUT2D eigenvalue weighted by Gasteiger charge is 2.11. The lowest BCUT2D eigenvalue weighted by atomic mass is 10.0. The zero-order valence-electron chi connectivity index (χ0n) is 11.6. The van der Waals surface area contributed by atoms with E-state index in [9.17, 15) is 0 Å². The lowest BCUT2D eigenvalue weighted by molar-refractivity contribution is 0.300. The topological polar surface area (TPSA) is 48.1 Å². The number of benzene rings is 1. The van der Waals surface area contributed by atoms with Crippen LogP contribution in [0.5, 0.6) is 5.75 Å². The first-order valence-corrected chi connectivity index (χ1v) is 7.33. The molecule has 0 bridgehead atoms. The third-order valence-corrected chi connectivity index (χ3v) is 4.23. The molecule has 0 radical (unpaired) electrons. The molecule has 0 saturated carbocycles. The summed E-state index contributed by atoms with van der Waals surface area (Å²) in [6.45, 7) is 6.69. The monoisotopic (exact) mass is 276 g/mol. The van der Waals surface area contributed by atoms with Crippen molar-refractivity contribution in [1.82, 2.24) is 4.98 Å². The first kappa shape index (κ1) is 14.0. The number of aromatic nitrogens is 1. The van der Waals surface area contributed by atoms with E-state index in [1.54, 1.807) is 11.3 Å². The summed E-state index contributed by atoms with van der Waals surface area (Å²) in [6, 6.07) is 7.99. The highest BCUT2D eigenvalue weighted by atomic mass is 32.1. The van der Waals surface area contributed by atoms with Gasteiger partial charge in [-0.3, -0.25) is 0 Å². The highest BCUT2D eigenvalue weighted by molar-refractivity contribution is 7.11. The largest absolute Gasteiger partial charge is 0.486 e. The summed E-state index contributed by atoms with van der Waals surface area (Å²) in [6.07, 6.45) is 0.899. The van der Waals surface area contributed by atoms with Crippen molar-refractivity contribution in [2.75, 3.05) is 0 Å². The molecular formula is C15H20N2OS. The van der Waals surface area contributed by atoms with Crippen LogP contribution in [0.1, 0.15) is 40.5 Å². The molecule has 2 aromatic rings. The third kappa shape index (κ3) is 3.33. The van der Waals surface area contributed by atoms with Crippen LogP contribution in [0.4, 0.5) is 0 Å². The van der Waals surface area contributed by atoms with Crippen LogP contribution in [0.15, 0.2) is 24.3 Å². The van der Waals surface area contributed by atoms with E-state index in [1.165, 1.54) is 4.88 Å². The molecule has 0 amide bonds. The van der Waals surface area contributed by atoms with Gasteiger partial charge in [-0.25, -0.2) is 4.98 Å². The number of nitrogens with zero attached hydrogens (tertiary/aromatic N) is 1. The summed E-state index contributed by atoms with van der Waals surface area (Å²) in [5.74, 6) is 0.863. The van der Waals surface area contributed by atoms with Crippen molar-refractivity contribution in [1.29, 1.82) is 0 Å². The van der Waals surface area contributed by atoms with Gasteiger partial charge in [0.15, 0.2) is 0 Å². The molecule has 0 fully saturated rings. The van der Waals surface area contributed by atoms with Gasteiger partial charge in [0.05, 0.1) is 5.69 Å². The Balaban J connectivity index is 2.11. The van der Waals surface area contributed by atoms with Gasteiger partial charge in [0.2, 0.25) is 0 Å². The summed E-state index contributed by atoms with van der Waals surface area (Å²) in [4.78, 5) is 5.73. The van der Waals surface area contributed by atoms with Gasteiger partial charge in [-0.2, -0.15) is 0 Å². The summed E-state index contributed by atoms with van der Waals surface area (Å²) < 4.78 is 5.88. The quantitative estimate of drug-likeness (QED) is 0.904. The van der Waals surface area contributed by atoms with Crippen molar-refractivity contribution in [3.05, 3.63) is 45.4 Å². The zero-order valence-corrected chi connectivity index (χ0v) is 12.5. The van der Waals surface area contributed by atoms with Crippen molar-refractivity contribution < 1.29 is 4.74 Å². The maximum atomic E-state index is 6.10. The van der Waals surface area contributed by atoms with Crippen LogP contribution >= 0.6 is 11.3 Å². The molecule has 1 heterocycles. The maximum Gasteiger partial charge on any atom is 0.140 e. The summed E-state index contributed by atoms with van der Waals surface area (Å²) in [7, 11) is 0. The van der Waals surface area contributed by atoms with E-state index < -0.39 is 0 Å². The Kier molecular flexibility index (Phi) is 4.56. The molecule has 1 aromatic heterocycles. The molecule has 0 aliphatic heterocycles. The van der Waals surface area contributed by atoms with Crippen molar-refractivity contribution in [2.24, 2.45) is 5.73 Å². The fraction of sp³-hybridized carbons (Fsp3) is 0.400. The Hall–Kier alpha value is -1.39. The van der Waals surface area contributed by atoms with Crippen LogP contribution < -0.4 is 10.5 Å². The molecule has 19 heavy (non-hydrogen) atoms. The molecule has 0 aliphatic carbocycles. The van der Waals surface area contributed by atoms with Crippen molar-refractivity contribution >= 4 is 11.3 Å². The summed E-state index contributed by atoms with van der Waals surface area (Å²) in [5.41, 5.74) is 8.25. The minimum Gasteiger partial charge on any atom is -0.486 e. The molecule has 0 spiro atoms. The Morgan fingerprint density at radius 3 is 2.68 bits per heavy atom. The Morgan fingerprint density at radius 2 is 2.05 bits per heavy atom. The first-order valence-electron chi connectivity index (χ1n) is 6.52. The minimum atomic E-state index is 0.0240. The molecule has 2 N–H and O–H groups in total. The second-order valence-electron chi connectivity index (χ2n) is 4.59. The molecule has 1 unspecified atom stereocenters. The van der Waals surface area contributed by atoms with Crippen LogP contribution in [0.3, 0.4) is 0 Å². The van der Waals surface area contributed by atoms with Crippen LogP contribution in [0, 0.1) is 13.8 Å². The summed E-state index contributed by atoms with van der Waals surface area (Å²) in [5, 5.41) is 1.01. The average molecular weight is 276 g/mol. The van der Waals surface area contributed by atoms with E-state index in [1.807, 2.05) is 31.2 Å². The lowest BCUT2D eigenvalue weighted by Gasteiger charge is -2.14. The predicted octanol–water partition coefficient (Wildman–Crippen LogP) is 3.75. The van der Waals surface area contributed by atoms with E-state index in [0.717, 1.165) is 28.4 Å². The Bertz CT molecular complexity index is 531. The molecule has 1 atom stereocenters. The number of rotatable bonds is 5. The van der Waals surface area contributed by atoms with Gasteiger partial charge in [0.1, 0.15) is 17.4 Å². The highest BCUT2D eigenvalue weighted by Crippen LogP contribution is 2.27. The fourth-order valence-electron chi connectivity index (χ4n) is 1.88.